The lowest BCUT2D eigenvalue weighted by Gasteiger charge is -2.40. The number of fused-ring (bicyclic) bond motifs is 3. The Morgan fingerprint density at radius 1 is 0.875 bits per heavy atom. The van der Waals surface area contributed by atoms with Gasteiger partial charge in [-0.2, -0.15) is 21.6 Å². The quantitative estimate of drug-likeness (QED) is 0.415. The molecule has 1 saturated carbocycles. The highest BCUT2D eigenvalue weighted by molar-refractivity contribution is 7.87. The summed E-state index contributed by atoms with van der Waals surface area (Å²) in [6, 6.07) is 11.8. The van der Waals surface area contributed by atoms with Gasteiger partial charge in [0.15, 0.2) is 5.76 Å². The lowest BCUT2D eigenvalue weighted by molar-refractivity contribution is -0.0509. The zero-order valence-electron chi connectivity index (χ0n) is 17.6. The molecule has 4 rings (SSSR count). The Hall–Kier alpha value is -2.68. The van der Waals surface area contributed by atoms with Gasteiger partial charge in [-0.15, -0.1) is 0 Å². The van der Waals surface area contributed by atoms with E-state index in [4.69, 9.17) is 13.7 Å². The molecule has 0 radical (unpaired) electrons. The summed E-state index contributed by atoms with van der Waals surface area (Å²) in [6.45, 7) is 0. The molecule has 2 aromatic carbocycles. The standard InChI is InChI=1S/C23H23F3O5S/c1-29-15-9-7-14(8-10-15)21-18-6-4-3-5-17(18)20-13-16(30-2)11-12-19(20)22(21)31-32(27,28)23(24,25)26/h7-13,17-18H,3-6H2,1-2H3/t17-,18+/m1/s1. The highest BCUT2D eigenvalue weighted by Gasteiger charge is 2.50. The number of benzene rings is 2. The van der Waals surface area contributed by atoms with Crippen LogP contribution in [0.15, 0.2) is 42.5 Å². The maximum atomic E-state index is 13.3. The maximum absolute atomic E-state index is 13.3. The Bertz CT molecular complexity index is 1140. The summed E-state index contributed by atoms with van der Waals surface area (Å²) in [5, 5.41) is 0. The average Bonchev–Trinajstić information content (AvgIpc) is 2.78. The van der Waals surface area contributed by atoms with Gasteiger partial charge in [0, 0.05) is 11.1 Å². The predicted molar refractivity (Wildman–Crippen MR) is 114 cm³/mol. The van der Waals surface area contributed by atoms with Crippen molar-refractivity contribution in [1.29, 1.82) is 0 Å². The normalized spacial score (nSPS) is 20.9. The van der Waals surface area contributed by atoms with Crippen molar-refractivity contribution in [2.24, 2.45) is 5.92 Å². The van der Waals surface area contributed by atoms with Crippen molar-refractivity contribution in [3.8, 4) is 11.5 Å². The minimum atomic E-state index is -5.86. The second-order valence-corrected chi connectivity index (χ2v) is 9.44. The van der Waals surface area contributed by atoms with E-state index in [2.05, 4.69) is 0 Å². The first-order valence-electron chi connectivity index (χ1n) is 10.2. The lowest BCUT2D eigenvalue weighted by Crippen LogP contribution is -2.29. The van der Waals surface area contributed by atoms with E-state index in [1.54, 1.807) is 42.5 Å². The van der Waals surface area contributed by atoms with Crippen molar-refractivity contribution in [3.05, 3.63) is 59.2 Å². The molecule has 9 heteroatoms. The highest BCUT2D eigenvalue weighted by atomic mass is 32.2. The van der Waals surface area contributed by atoms with Gasteiger partial charge in [-0.3, -0.25) is 0 Å². The third-order valence-electron chi connectivity index (χ3n) is 6.16. The monoisotopic (exact) mass is 468 g/mol. The number of hydrogen-bond acceptors (Lipinski definition) is 5. The molecule has 0 unspecified atom stereocenters. The zero-order valence-corrected chi connectivity index (χ0v) is 18.4. The first-order valence-corrected chi connectivity index (χ1v) is 11.6. The molecule has 2 aliphatic carbocycles. The summed E-state index contributed by atoms with van der Waals surface area (Å²) in [5.41, 5.74) is -3.37. The summed E-state index contributed by atoms with van der Waals surface area (Å²) in [5.74, 6) is 0.704. The maximum Gasteiger partial charge on any atom is 0.534 e. The summed E-state index contributed by atoms with van der Waals surface area (Å²) in [4.78, 5) is 0. The fourth-order valence-corrected chi connectivity index (χ4v) is 5.20. The fraction of sp³-hybridized carbons (Fsp3) is 0.391. The summed E-state index contributed by atoms with van der Waals surface area (Å²) < 4.78 is 79.3. The Kier molecular flexibility index (Phi) is 5.87. The summed E-state index contributed by atoms with van der Waals surface area (Å²) in [7, 11) is -2.84. The molecule has 0 spiro atoms. The molecule has 0 bridgehead atoms. The smallest absolute Gasteiger partial charge is 0.497 e. The van der Waals surface area contributed by atoms with E-state index in [-0.39, 0.29) is 17.6 Å². The van der Waals surface area contributed by atoms with Crippen LogP contribution in [0.25, 0.3) is 11.3 Å². The van der Waals surface area contributed by atoms with Gasteiger partial charge in [0.2, 0.25) is 0 Å². The van der Waals surface area contributed by atoms with E-state index in [9.17, 15) is 21.6 Å². The second-order valence-electron chi connectivity index (χ2n) is 7.91. The molecule has 0 saturated heterocycles. The third kappa shape index (κ3) is 3.94. The molecule has 2 aromatic rings. The Morgan fingerprint density at radius 2 is 1.47 bits per heavy atom. The van der Waals surface area contributed by atoms with E-state index in [1.807, 2.05) is 0 Å². The summed E-state index contributed by atoms with van der Waals surface area (Å²) >= 11 is 0. The molecule has 0 aromatic heterocycles. The second kappa shape index (κ2) is 8.35. The summed E-state index contributed by atoms with van der Waals surface area (Å²) in [6.07, 6.45) is 3.41. The van der Waals surface area contributed by atoms with Gasteiger partial charge in [-0.25, -0.2) is 0 Å². The molecular weight excluding hydrogens is 445 g/mol. The SMILES string of the molecule is COc1ccc(C2=C(OS(=O)(=O)C(F)(F)F)c3ccc(OC)cc3[C@@H]3CCCC[C@H]23)cc1. The fourth-order valence-electron chi connectivity index (χ4n) is 4.71. The third-order valence-corrected chi connectivity index (χ3v) is 7.11. The van der Waals surface area contributed by atoms with Crippen molar-refractivity contribution in [2.45, 2.75) is 37.1 Å². The number of allylic oxidation sites excluding steroid dienone is 1. The van der Waals surface area contributed by atoms with Crippen molar-refractivity contribution in [2.75, 3.05) is 14.2 Å². The molecule has 32 heavy (non-hydrogen) atoms. The average molecular weight is 468 g/mol. The molecule has 1 fully saturated rings. The van der Waals surface area contributed by atoms with Gasteiger partial charge in [0.1, 0.15) is 11.5 Å². The van der Waals surface area contributed by atoms with Gasteiger partial charge in [0.25, 0.3) is 0 Å². The Labute approximate surface area is 184 Å². The van der Waals surface area contributed by atoms with E-state index in [0.717, 1.165) is 24.8 Å². The predicted octanol–water partition coefficient (Wildman–Crippen LogP) is 5.73. The zero-order chi connectivity index (χ0) is 23.1. The van der Waals surface area contributed by atoms with Crippen LogP contribution in [-0.2, 0) is 14.3 Å². The number of ether oxygens (including phenoxy) is 2. The van der Waals surface area contributed by atoms with E-state index in [1.165, 1.54) is 14.2 Å². The van der Waals surface area contributed by atoms with Crippen molar-refractivity contribution < 1.29 is 35.2 Å². The number of alkyl halides is 3. The van der Waals surface area contributed by atoms with Crippen LogP contribution in [-0.4, -0.2) is 28.1 Å². The van der Waals surface area contributed by atoms with Crippen LogP contribution in [0.3, 0.4) is 0 Å². The largest absolute Gasteiger partial charge is 0.534 e. The number of halogens is 3. The topological polar surface area (TPSA) is 61.8 Å². The van der Waals surface area contributed by atoms with Crippen molar-refractivity contribution >= 4 is 21.5 Å². The Balaban J connectivity index is 1.98. The molecule has 5 nitrogen and oxygen atoms in total. The van der Waals surface area contributed by atoms with Gasteiger partial charge < -0.3 is 13.7 Å². The van der Waals surface area contributed by atoms with Crippen molar-refractivity contribution in [1.82, 2.24) is 0 Å². The molecule has 2 aliphatic rings. The number of rotatable bonds is 5. The molecule has 2 atom stereocenters. The molecule has 0 N–H and O–H groups in total. The molecule has 172 valence electrons. The van der Waals surface area contributed by atoms with Crippen LogP contribution in [0.2, 0.25) is 0 Å². The van der Waals surface area contributed by atoms with Gasteiger partial charge in [-0.1, -0.05) is 25.0 Å². The van der Waals surface area contributed by atoms with Crippen molar-refractivity contribution in [3.63, 3.8) is 0 Å². The first kappa shape index (κ1) is 22.5. The molecule has 0 amide bonds. The number of hydrogen-bond donors (Lipinski definition) is 0. The van der Waals surface area contributed by atoms with Crippen LogP contribution < -0.4 is 9.47 Å². The van der Waals surface area contributed by atoms with Crippen LogP contribution in [0.4, 0.5) is 13.2 Å². The van der Waals surface area contributed by atoms with E-state index in [0.29, 0.717) is 34.6 Å². The van der Waals surface area contributed by atoms with Gasteiger partial charge in [-0.05, 0) is 66.1 Å². The van der Waals surface area contributed by atoms with E-state index < -0.39 is 15.6 Å². The Morgan fingerprint density at radius 3 is 2.06 bits per heavy atom. The lowest BCUT2D eigenvalue weighted by atomic mass is 9.66. The van der Waals surface area contributed by atoms with E-state index >= 15 is 0 Å². The highest BCUT2D eigenvalue weighted by Crippen LogP contribution is 2.54. The van der Waals surface area contributed by atoms with Crippen LogP contribution >= 0.6 is 0 Å². The van der Waals surface area contributed by atoms with Crippen LogP contribution in [0.5, 0.6) is 11.5 Å². The molecular formula is C23H23F3O5S. The first-order chi connectivity index (χ1) is 15.2. The minimum absolute atomic E-state index is 0.0203. The van der Waals surface area contributed by atoms with Crippen LogP contribution in [0.1, 0.15) is 48.3 Å². The number of methoxy groups -OCH3 is 2. The minimum Gasteiger partial charge on any atom is -0.497 e. The molecule has 0 heterocycles. The van der Waals surface area contributed by atoms with Crippen LogP contribution in [0, 0.1) is 5.92 Å². The molecule has 0 aliphatic heterocycles. The van der Waals surface area contributed by atoms with Gasteiger partial charge in [0.05, 0.1) is 14.2 Å². The van der Waals surface area contributed by atoms with Gasteiger partial charge >= 0.3 is 15.6 Å².